The van der Waals surface area contributed by atoms with Crippen molar-refractivity contribution in [3.63, 3.8) is 0 Å². The summed E-state index contributed by atoms with van der Waals surface area (Å²) in [5.74, 6) is 0. The van der Waals surface area contributed by atoms with Gasteiger partial charge < -0.3 is 5.11 Å². The number of aliphatic hydroxyl groups is 1. The highest BCUT2D eigenvalue weighted by Gasteiger charge is 2.11. The molecule has 0 aromatic heterocycles. The molecule has 0 saturated heterocycles. The van der Waals surface area contributed by atoms with Crippen LogP contribution in [0, 0.1) is 5.41 Å². The lowest BCUT2D eigenvalue weighted by Gasteiger charge is -2.17. The quantitative estimate of drug-likeness (QED) is 0.726. The van der Waals surface area contributed by atoms with Gasteiger partial charge in [-0.2, -0.15) is 0 Å². The Labute approximate surface area is 87.5 Å². The van der Waals surface area contributed by atoms with Crippen LogP contribution in [0.2, 0.25) is 0 Å². The van der Waals surface area contributed by atoms with E-state index in [4.69, 9.17) is 5.11 Å². The van der Waals surface area contributed by atoms with Crippen LogP contribution in [-0.4, -0.2) is 11.7 Å². The van der Waals surface area contributed by atoms with Crippen molar-refractivity contribution in [2.24, 2.45) is 5.41 Å². The molecule has 0 aliphatic heterocycles. The molecule has 1 rings (SSSR count). The van der Waals surface area contributed by atoms with Crippen molar-refractivity contribution in [2.75, 3.05) is 6.61 Å². The number of aliphatic hydroxyl groups excluding tert-OH is 1. The smallest absolute Gasteiger partial charge is 0.0439 e. The van der Waals surface area contributed by atoms with Crippen molar-refractivity contribution < 1.29 is 5.11 Å². The molecule has 1 saturated carbocycles. The highest BCUT2D eigenvalue weighted by atomic mass is 16.3. The second kappa shape index (κ2) is 5.35. The topological polar surface area (TPSA) is 20.2 Å². The second-order valence-electron chi connectivity index (χ2n) is 4.85. The van der Waals surface area contributed by atoms with Crippen molar-refractivity contribution in [2.45, 2.75) is 46.0 Å². The maximum absolute atomic E-state index is 8.86. The van der Waals surface area contributed by atoms with E-state index in [9.17, 15) is 0 Å². The Kier molecular flexibility index (Phi) is 4.40. The molecule has 0 aromatic rings. The Morgan fingerprint density at radius 2 is 1.93 bits per heavy atom. The van der Waals surface area contributed by atoms with Crippen LogP contribution in [0.4, 0.5) is 0 Å². The van der Waals surface area contributed by atoms with Gasteiger partial charge in [0.05, 0.1) is 0 Å². The first-order chi connectivity index (χ1) is 6.64. The molecule has 0 atom stereocenters. The minimum absolute atomic E-state index is 0.129. The summed E-state index contributed by atoms with van der Waals surface area (Å²) < 4.78 is 0. The molecule has 1 aliphatic rings. The third-order valence-corrected chi connectivity index (χ3v) is 2.88. The van der Waals surface area contributed by atoms with Gasteiger partial charge in [0.25, 0.3) is 0 Å². The minimum atomic E-state index is 0.129. The summed E-state index contributed by atoms with van der Waals surface area (Å²) in [6, 6.07) is 0. The SMILES string of the molecule is CC(C)(/C=C/C=C1CCCC1)CCO. The average Bonchev–Trinajstić information content (AvgIpc) is 2.56. The monoisotopic (exact) mass is 194 g/mol. The van der Waals surface area contributed by atoms with Crippen molar-refractivity contribution >= 4 is 0 Å². The normalized spacial score (nSPS) is 18.1. The van der Waals surface area contributed by atoms with Gasteiger partial charge in [-0.3, -0.25) is 0 Å². The average molecular weight is 194 g/mol. The Morgan fingerprint density at radius 3 is 2.50 bits per heavy atom. The molecule has 0 radical (unpaired) electrons. The lowest BCUT2D eigenvalue weighted by Crippen LogP contribution is -2.09. The molecule has 0 heterocycles. The van der Waals surface area contributed by atoms with Crippen LogP contribution in [0.5, 0.6) is 0 Å². The van der Waals surface area contributed by atoms with Gasteiger partial charge in [0.2, 0.25) is 0 Å². The van der Waals surface area contributed by atoms with E-state index < -0.39 is 0 Å². The largest absolute Gasteiger partial charge is 0.396 e. The fraction of sp³-hybridized carbons (Fsp3) is 0.692. The number of hydrogen-bond donors (Lipinski definition) is 1. The molecule has 80 valence electrons. The number of rotatable bonds is 4. The van der Waals surface area contributed by atoms with Gasteiger partial charge in [0.1, 0.15) is 0 Å². The van der Waals surface area contributed by atoms with E-state index >= 15 is 0 Å². The van der Waals surface area contributed by atoms with Gasteiger partial charge in [0, 0.05) is 6.61 Å². The van der Waals surface area contributed by atoms with E-state index in [1.807, 2.05) is 0 Å². The highest BCUT2D eigenvalue weighted by Crippen LogP contribution is 2.25. The summed E-state index contributed by atoms with van der Waals surface area (Å²) in [7, 11) is 0. The fourth-order valence-corrected chi connectivity index (χ4v) is 1.81. The molecule has 1 aliphatic carbocycles. The summed E-state index contributed by atoms with van der Waals surface area (Å²) in [4.78, 5) is 0. The molecule has 0 unspecified atom stereocenters. The van der Waals surface area contributed by atoms with Crippen LogP contribution in [0.15, 0.2) is 23.8 Å². The molecule has 14 heavy (non-hydrogen) atoms. The van der Waals surface area contributed by atoms with E-state index in [-0.39, 0.29) is 12.0 Å². The zero-order chi connectivity index (χ0) is 10.4. The molecule has 0 aromatic carbocycles. The molecular weight excluding hydrogens is 172 g/mol. The fourth-order valence-electron chi connectivity index (χ4n) is 1.81. The Morgan fingerprint density at radius 1 is 1.29 bits per heavy atom. The molecule has 1 N–H and O–H groups in total. The Balaban J connectivity index is 2.42. The standard InChI is InChI=1S/C13H22O/c1-13(2,10-11-14)9-5-8-12-6-3-4-7-12/h5,8-9,14H,3-4,6-7,10-11H2,1-2H3/b9-5+. The van der Waals surface area contributed by atoms with E-state index in [0.29, 0.717) is 0 Å². The molecule has 0 amide bonds. The molecule has 1 fully saturated rings. The van der Waals surface area contributed by atoms with Crippen LogP contribution in [0.1, 0.15) is 46.0 Å². The van der Waals surface area contributed by atoms with E-state index in [0.717, 1.165) is 6.42 Å². The predicted octanol–water partition coefficient (Wildman–Crippen LogP) is 3.45. The van der Waals surface area contributed by atoms with Crippen LogP contribution in [0.25, 0.3) is 0 Å². The maximum atomic E-state index is 8.86. The molecule has 0 spiro atoms. The van der Waals surface area contributed by atoms with Crippen molar-refractivity contribution in [3.05, 3.63) is 23.8 Å². The van der Waals surface area contributed by atoms with Gasteiger partial charge in [0.15, 0.2) is 0 Å². The summed E-state index contributed by atoms with van der Waals surface area (Å²) in [5.41, 5.74) is 1.71. The third kappa shape index (κ3) is 4.10. The lowest BCUT2D eigenvalue weighted by atomic mass is 9.89. The summed E-state index contributed by atoms with van der Waals surface area (Å²) in [6.07, 6.45) is 12.7. The van der Waals surface area contributed by atoms with Crippen LogP contribution in [-0.2, 0) is 0 Å². The van der Waals surface area contributed by atoms with Crippen molar-refractivity contribution in [1.82, 2.24) is 0 Å². The second-order valence-corrected chi connectivity index (χ2v) is 4.85. The van der Waals surface area contributed by atoms with E-state index in [1.54, 1.807) is 5.57 Å². The van der Waals surface area contributed by atoms with Crippen LogP contribution >= 0.6 is 0 Å². The Bertz CT molecular complexity index is 215. The van der Waals surface area contributed by atoms with Gasteiger partial charge in [-0.1, -0.05) is 37.6 Å². The van der Waals surface area contributed by atoms with Crippen LogP contribution < -0.4 is 0 Å². The molecule has 1 heteroatoms. The first-order valence-corrected chi connectivity index (χ1v) is 5.62. The molecule has 0 bridgehead atoms. The molecule has 1 nitrogen and oxygen atoms in total. The first-order valence-electron chi connectivity index (χ1n) is 5.62. The summed E-state index contributed by atoms with van der Waals surface area (Å²) in [5, 5.41) is 8.86. The summed E-state index contributed by atoms with van der Waals surface area (Å²) >= 11 is 0. The zero-order valence-electron chi connectivity index (χ0n) is 9.42. The van der Waals surface area contributed by atoms with E-state index in [1.165, 1.54) is 25.7 Å². The third-order valence-electron chi connectivity index (χ3n) is 2.88. The van der Waals surface area contributed by atoms with Gasteiger partial charge in [-0.05, 0) is 37.5 Å². The highest BCUT2D eigenvalue weighted by molar-refractivity contribution is 5.16. The predicted molar refractivity (Wildman–Crippen MR) is 61.2 cm³/mol. The van der Waals surface area contributed by atoms with Gasteiger partial charge in [-0.25, -0.2) is 0 Å². The zero-order valence-corrected chi connectivity index (χ0v) is 9.42. The van der Waals surface area contributed by atoms with Gasteiger partial charge in [-0.15, -0.1) is 0 Å². The minimum Gasteiger partial charge on any atom is -0.396 e. The maximum Gasteiger partial charge on any atom is 0.0439 e. The first kappa shape index (κ1) is 11.5. The van der Waals surface area contributed by atoms with Gasteiger partial charge >= 0.3 is 0 Å². The van der Waals surface area contributed by atoms with Crippen molar-refractivity contribution in [3.8, 4) is 0 Å². The number of allylic oxidation sites excluding steroid dienone is 4. The number of hydrogen-bond acceptors (Lipinski definition) is 1. The summed E-state index contributed by atoms with van der Waals surface area (Å²) in [6.45, 7) is 4.59. The van der Waals surface area contributed by atoms with Crippen LogP contribution in [0.3, 0.4) is 0 Å². The molecular formula is C13H22O. The van der Waals surface area contributed by atoms with E-state index in [2.05, 4.69) is 32.1 Å². The lowest BCUT2D eigenvalue weighted by molar-refractivity contribution is 0.241. The van der Waals surface area contributed by atoms with Crippen molar-refractivity contribution in [1.29, 1.82) is 0 Å². The Hall–Kier alpha value is -0.560.